The van der Waals surface area contributed by atoms with Gasteiger partial charge in [-0.15, -0.1) is 0 Å². The molecule has 0 heterocycles. The molecule has 0 amide bonds. The van der Waals surface area contributed by atoms with Crippen LogP contribution < -0.4 is 0 Å². The molecule has 1 nitrogen and oxygen atoms in total. The van der Waals surface area contributed by atoms with E-state index in [4.69, 9.17) is 0 Å². The number of carbonyl (C=O) groups is 1. The first kappa shape index (κ1) is 9.45. The number of fused-ring (bicyclic) bond motifs is 1. The largest absolute Gasteiger partial charge is 0.294 e. The van der Waals surface area contributed by atoms with Gasteiger partial charge >= 0.3 is 0 Å². The maximum Gasteiger partial charge on any atom is 0.163 e. The molecule has 1 aliphatic rings. The van der Waals surface area contributed by atoms with Crippen LogP contribution in [0.15, 0.2) is 18.2 Å². The van der Waals surface area contributed by atoms with E-state index in [0.29, 0.717) is 12.2 Å². The Morgan fingerprint density at radius 2 is 1.86 bits per heavy atom. The fourth-order valence-corrected chi connectivity index (χ4v) is 2.14. The number of Topliss-reactive ketones (excluding diaryl/α,β-unsaturated/α-hetero) is 1. The summed E-state index contributed by atoms with van der Waals surface area (Å²) in [7, 11) is 0. The molecule has 0 bridgehead atoms. The summed E-state index contributed by atoms with van der Waals surface area (Å²) >= 11 is 0. The average Bonchev–Trinajstić information content (AvgIpc) is 2.46. The minimum absolute atomic E-state index is 0.0747. The number of carbonyl (C=O) groups excluding carboxylic acids is 1. The molecule has 0 saturated heterocycles. The summed E-state index contributed by atoms with van der Waals surface area (Å²) in [4.78, 5) is 11.7. The summed E-state index contributed by atoms with van der Waals surface area (Å²) in [6.45, 7) is 6.48. The van der Waals surface area contributed by atoms with Crippen LogP contribution >= 0.6 is 0 Å². The van der Waals surface area contributed by atoms with Crippen molar-refractivity contribution in [2.24, 2.45) is 0 Å². The zero-order chi connectivity index (χ0) is 10.3. The van der Waals surface area contributed by atoms with Crippen LogP contribution in [0.4, 0.5) is 0 Å². The molecule has 0 atom stereocenters. The maximum atomic E-state index is 11.7. The molecular weight excluding hydrogens is 172 g/mol. The Morgan fingerprint density at radius 1 is 1.14 bits per heavy atom. The number of aryl methyl sites for hydroxylation is 1. The third-order valence-corrected chi connectivity index (χ3v) is 2.86. The van der Waals surface area contributed by atoms with Crippen LogP contribution in [-0.4, -0.2) is 5.78 Å². The first-order chi connectivity index (χ1) is 6.50. The molecular formula is C13H16O. The number of benzene rings is 1. The number of rotatable bonds is 0. The highest BCUT2D eigenvalue weighted by Crippen LogP contribution is 2.32. The van der Waals surface area contributed by atoms with Crippen LogP contribution in [0.3, 0.4) is 0 Å². The van der Waals surface area contributed by atoms with E-state index in [1.165, 1.54) is 11.1 Å². The lowest BCUT2D eigenvalue weighted by molar-refractivity contribution is 0.0992. The van der Waals surface area contributed by atoms with Gasteiger partial charge in [0.05, 0.1) is 0 Å². The molecule has 0 aliphatic heterocycles. The molecule has 0 unspecified atom stereocenters. The Morgan fingerprint density at radius 3 is 2.50 bits per heavy atom. The molecule has 2 rings (SSSR count). The molecule has 1 aromatic carbocycles. The van der Waals surface area contributed by atoms with E-state index >= 15 is 0 Å². The minimum atomic E-state index is 0.0747. The second-order valence-corrected chi connectivity index (χ2v) is 5.01. The molecule has 0 aromatic heterocycles. The van der Waals surface area contributed by atoms with E-state index in [9.17, 15) is 4.79 Å². The summed E-state index contributed by atoms with van der Waals surface area (Å²) in [5.74, 6) is 0.325. The smallest absolute Gasteiger partial charge is 0.163 e. The van der Waals surface area contributed by atoms with E-state index in [0.717, 1.165) is 12.0 Å². The summed E-state index contributed by atoms with van der Waals surface area (Å²) in [5.41, 5.74) is 3.52. The lowest BCUT2D eigenvalue weighted by atomic mass is 9.82. The van der Waals surface area contributed by atoms with Crippen LogP contribution in [0.25, 0.3) is 0 Å². The lowest BCUT2D eigenvalue weighted by Crippen LogP contribution is -2.15. The van der Waals surface area contributed by atoms with E-state index in [1.807, 2.05) is 0 Å². The van der Waals surface area contributed by atoms with Crippen LogP contribution in [-0.2, 0) is 11.8 Å². The SMILES string of the molecule is CC(C)(C)c1cccc2c1C(=O)CC2. The van der Waals surface area contributed by atoms with Gasteiger partial charge < -0.3 is 0 Å². The van der Waals surface area contributed by atoms with E-state index in [2.05, 4.69) is 39.0 Å². The van der Waals surface area contributed by atoms with Crippen molar-refractivity contribution in [1.29, 1.82) is 0 Å². The average molecular weight is 188 g/mol. The Hall–Kier alpha value is -1.11. The highest BCUT2D eigenvalue weighted by molar-refractivity contribution is 6.02. The first-order valence-electron chi connectivity index (χ1n) is 5.16. The Balaban J connectivity index is 2.64. The molecule has 0 fully saturated rings. The lowest BCUT2D eigenvalue weighted by Gasteiger charge is -2.21. The minimum Gasteiger partial charge on any atom is -0.294 e. The highest BCUT2D eigenvalue weighted by Gasteiger charge is 2.27. The third-order valence-electron chi connectivity index (χ3n) is 2.86. The third kappa shape index (κ3) is 1.37. The monoisotopic (exact) mass is 188 g/mol. The Labute approximate surface area is 85.1 Å². The summed E-state index contributed by atoms with van der Waals surface area (Å²) in [6.07, 6.45) is 1.63. The molecule has 1 heteroatoms. The van der Waals surface area contributed by atoms with Crippen molar-refractivity contribution in [3.8, 4) is 0 Å². The summed E-state index contributed by atoms with van der Waals surface area (Å²) < 4.78 is 0. The predicted molar refractivity (Wildman–Crippen MR) is 57.8 cm³/mol. The van der Waals surface area contributed by atoms with Gasteiger partial charge in [-0.3, -0.25) is 4.79 Å². The highest BCUT2D eigenvalue weighted by atomic mass is 16.1. The quantitative estimate of drug-likeness (QED) is 0.611. The topological polar surface area (TPSA) is 17.1 Å². The molecule has 0 radical (unpaired) electrons. The fourth-order valence-electron chi connectivity index (χ4n) is 2.14. The van der Waals surface area contributed by atoms with E-state index < -0.39 is 0 Å². The summed E-state index contributed by atoms with van der Waals surface area (Å²) in [6, 6.07) is 6.23. The van der Waals surface area contributed by atoms with Gasteiger partial charge in [-0.25, -0.2) is 0 Å². The zero-order valence-corrected chi connectivity index (χ0v) is 9.05. The van der Waals surface area contributed by atoms with Gasteiger partial charge in [-0.1, -0.05) is 39.0 Å². The number of hydrogen-bond acceptors (Lipinski definition) is 1. The predicted octanol–water partition coefficient (Wildman–Crippen LogP) is 3.11. The van der Waals surface area contributed by atoms with E-state index in [-0.39, 0.29) is 5.41 Å². The van der Waals surface area contributed by atoms with E-state index in [1.54, 1.807) is 0 Å². The Bertz CT molecular complexity index is 383. The van der Waals surface area contributed by atoms with Gasteiger partial charge in [0.2, 0.25) is 0 Å². The van der Waals surface area contributed by atoms with Gasteiger partial charge in [-0.05, 0) is 23.0 Å². The van der Waals surface area contributed by atoms with Gasteiger partial charge in [0, 0.05) is 12.0 Å². The van der Waals surface area contributed by atoms with Crippen molar-refractivity contribution < 1.29 is 4.79 Å². The number of hydrogen-bond donors (Lipinski definition) is 0. The molecule has 0 N–H and O–H groups in total. The standard InChI is InChI=1S/C13H16O/c1-13(2,3)10-6-4-5-9-7-8-11(14)12(9)10/h4-6H,7-8H2,1-3H3. The molecule has 0 spiro atoms. The van der Waals surface area contributed by atoms with Crippen LogP contribution in [0, 0.1) is 0 Å². The normalized spacial score (nSPS) is 15.8. The van der Waals surface area contributed by atoms with Crippen molar-refractivity contribution in [2.75, 3.05) is 0 Å². The first-order valence-corrected chi connectivity index (χ1v) is 5.16. The number of ketones is 1. The van der Waals surface area contributed by atoms with Crippen molar-refractivity contribution in [3.63, 3.8) is 0 Å². The van der Waals surface area contributed by atoms with Gasteiger partial charge in [0.25, 0.3) is 0 Å². The van der Waals surface area contributed by atoms with Gasteiger partial charge in [-0.2, -0.15) is 0 Å². The van der Waals surface area contributed by atoms with Crippen molar-refractivity contribution in [2.45, 2.75) is 39.0 Å². The van der Waals surface area contributed by atoms with Crippen LogP contribution in [0.5, 0.6) is 0 Å². The van der Waals surface area contributed by atoms with Crippen LogP contribution in [0.1, 0.15) is 48.7 Å². The maximum absolute atomic E-state index is 11.7. The second kappa shape index (κ2) is 2.94. The molecule has 1 aliphatic carbocycles. The molecule has 0 saturated carbocycles. The molecule has 74 valence electrons. The van der Waals surface area contributed by atoms with Gasteiger partial charge in [0.15, 0.2) is 5.78 Å². The molecule has 14 heavy (non-hydrogen) atoms. The van der Waals surface area contributed by atoms with Crippen molar-refractivity contribution in [3.05, 3.63) is 34.9 Å². The molecule has 1 aromatic rings. The fraction of sp³-hybridized carbons (Fsp3) is 0.462. The zero-order valence-electron chi connectivity index (χ0n) is 9.05. The second-order valence-electron chi connectivity index (χ2n) is 5.01. The van der Waals surface area contributed by atoms with Gasteiger partial charge in [0.1, 0.15) is 0 Å². The van der Waals surface area contributed by atoms with Crippen LogP contribution in [0.2, 0.25) is 0 Å². The van der Waals surface area contributed by atoms with Crippen molar-refractivity contribution >= 4 is 5.78 Å². The summed E-state index contributed by atoms with van der Waals surface area (Å²) in [5, 5.41) is 0. The van der Waals surface area contributed by atoms with Crippen molar-refractivity contribution in [1.82, 2.24) is 0 Å². The Kier molecular flexibility index (Phi) is 1.99.